The zero-order chi connectivity index (χ0) is 16.2. The number of rotatable bonds is 5. The van der Waals surface area contributed by atoms with E-state index in [2.05, 4.69) is 15.0 Å². The molecule has 1 heterocycles. The van der Waals surface area contributed by atoms with Crippen molar-refractivity contribution >= 4 is 17.0 Å². The van der Waals surface area contributed by atoms with Gasteiger partial charge in [0.05, 0.1) is 23.3 Å². The molecular weight excluding hydrogens is 315 g/mol. The molecule has 0 spiro atoms. The maximum atomic E-state index is 12.1. The number of hydrogen-bond acceptors (Lipinski definition) is 5. The topological polar surface area (TPSA) is 57.9 Å². The van der Waals surface area contributed by atoms with Gasteiger partial charge in [0, 0.05) is 10.6 Å². The molecule has 0 bridgehead atoms. The van der Waals surface area contributed by atoms with Gasteiger partial charge >= 0.3 is 6.18 Å². The van der Waals surface area contributed by atoms with Crippen LogP contribution in [-0.2, 0) is 6.54 Å². The minimum atomic E-state index is -4.44. The summed E-state index contributed by atoms with van der Waals surface area (Å²) in [4.78, 5) is 5.18. The van der Waals surface area contributed by atoms with Gasteiger partial charge in [-0.1, -0.05) is 0 Å². The van der Waals surface area contributed by atoms with Gasteiger partial charge in [0.25, 0.3) is 0 Å². The number of thiazole rings is 1. The molecule has 0 saturated heterocycles. The van der Waals surface area contributed by atoms with Gasteiger partial charge in [0.15, 0.2) is 6.61 Å². The van der Waals surface area contributed by atoms with Crippen molar-refractivity contribution in [3.63, 3.8) is 0 Å². The molecule has 1 aromatic heterocycles. The quantitative estimate of drug-likeness (QED) is 0.905. The summed E-state index contributed by atoms with van der Waals surface area (Å²) in [5, 5.41) is 12.1. The summed E-state index contributed by atoms with van der Waals surface area (Å²) in [6.07, 6.45) is -4.44. The molecule has 0 amide bonds. The van der Waals surface area contributed by atoms with E-state index in [1.807, 2.05) is 13.0 Å². The summed E-state index contributed by atoms with van der Waals surface area (Å²) < 4.78 is 41.1. The number of benzene rings is 1. The molecule has 2 rings (SSSR count). The maximum absolute atomic E-state index is 12.1. The van der Waals surface area contributed by atoms with Gasteiger partial charge in [-0.05, 0) is 25.1 Å². The predicted octanol–water partition coefficient (Wildman–Crippen LogP) is 3.88. The summed E-state index contributed by atoms with van der Waals surface area (Å²) in [7, 11) is 0. The van der Waals surface area contributed by atoms with E-state index in [0.29, 0.717) is 12.2 Å². The third-order valence-electron chi connectivity index (χ3n) is 2.79. The minimum Gasteiger partial charge on any atom is -0.483 e. The summed E-state index contributed by atoms with van der Waals surface area (Å²) in [5.41, 5.74) is 3.34. The van der Waals surface area contributed by atoms with Gasteiger partial charge in [-0.25, -0.2) is 4.98 Å². The van der Waals surface area contributed by atoms with Crippen molar-refractivity contribution in [1.29, 1.82) is 5.26 Å². The van der Waals surface area contributed by atoms with Crippen LogP contribution < -0.4 is 10.1 Å². The van der Waals surface area contributed by atoms with Crippen LogP contribution in [0.25, 0.3) is 0 Å². The Labute approximate surface area is 129 Å². The molecule has 1 N–H and O–H groups in total. The fourth-order valence-electron chi connectivity index (χ4n) is 1.69. The van der Waals surface area contributed by atoms with Crippen LogP contribution in [0.1, 0.15) is 16.1 Å². The Kier molecular flexibility index (Phi) is 4.88. The standard InChI is InChI=1S/C14H12F3N3OS/c1-9-13(22-8-20-9)6-19-11-2-3-12(10(4-11)5-18)21-7-14(15,16)17/h2-4,8,19H,6-7H2,1H3. The number of alkyl halides is 3. The van der Waals surface area contributed by atoms with Gasteiger partial charge in [-0.3, -0.25) is 0 Å². The zero-order valence-corrected chi connectivity index (χ0v) is 12.4. The molecule has 8 heteroatoms. The van der Waals surface area contributed by atoms with E-state index in [1.54, 1.807) is 11.6 Å². The molecule has 0 aliphatic carbocycles. The van der Waals surface area contributed by atoms with Gasteiger partial charge in [-0.15, -0.1) is 11.3 Å². The van der Waals surface area contributed by atoms with Crippen LogP contribution in [0, 0.1) is 18.3 Å². The normalized spacial score (nSPS) is 11.0. The van der Waals surface area contributed by atoms with Crippen LogP contribution in [0.4, 0.5) is 18.9 Å². The lowest BCUT2D eigenvalue weighted by molar-refractivity contribution is -0.153. The van der Waals surface area contributed by atoms with Crippen molar-refractivity contribution in [2.24, 2.45) is 0 Å². The molecule has 0 radical (unpaired) electrons. The number of hydrogen-bond donors (Lipinski definition) is 1. The predicted molar refractivity (Wildman–Crippen MR) is 76.9 cm³/mol. The number of aryl methyl sites for hydroxylation is 1. The Morgan fingerprint density at radius 2 is 2.18 bits per heavy atom. The fraction of sp³-hybridized carbons (Fsp3) is 0.286. The van der Waals surface area contributed by atoms with Crippen molar-refractivity contribution in [2.45, 2.75) is 19.6 Å². The van der Waals surface area contributed by atoms with Gasteiger partial charge in [-0.2, -0.15) is 18.4 Å². The van der Waals surface area contributed by atoms with E-state index < -0.39 is 12.8 Å². The molecule has 22 heavy (non-hydrogen) atoms. The summed E-state index contributed by atoms with van der Waals surface area (Å²) in [6, 6.07) is 6.22. The molecule has 4 nitrogen and oxygen atoms in total. The molecule has 116 valence electrons. The zero-order valence-electron chi connectivity index (χ0n) is 11.6. The van der Waals surface area contributed by atoms with Crippen molar-refractivity contribution < 1.29 is 17.9 Å². The van der Waals surface area contributed by atoms with Crippen molar-refractivity contribution in [2.75, 3.05) is 11.9 Å². The first kappa shape index (κ1) is 16.1. The maximum Gasteiger partial charge on any atom is 0.422 e. The second-order valence-corrected chi connectivity index (χ2v) is 5.38. The summed E-state index contributed by atoms with van der Waals surface area (Å²) in [6.45, 7) is 1.00. The van der Waals surface area contributed by atoms with Crippen LogP contribution in [0.3, 0.4) is 0 Å². The number of nitriles is 1. The Morgan fingerprint density at radius 1 is 1.41 bits per heavy atom. The molecule has 0 atom stereocenters. The van der Waals surface area contributed by atoms with Crippen LogP contribution in [0.15, 0.2) is 23.7 Å². The molecule has 0 aliphatic rings. The van der Waals surface area contributed by atoms with E-state index in [4.69, 9.17) is 5.26 Å². The Balaban J connectivity index is 2.05. The second-order valence-electron chi connectivity index (χ2n) is 4.44. The summed E-state index contributed by atoms with van der Waals surface area (Å²) >= 11 is 1.50. The highest BCUT2D eigenvalue weighted by Gasteiger charge is 2.28. The van der Waals surface area contributed by atoms with E-state index in [1.165, 1.54) is 23.5 Å². The van der Waals surface area contributed by atoms with Crippen LogP contribution >= 0.6 is 11.3 Å². The first-order valence-electron chi connectivity index (χ1n) is 6.25. The first-order valence-corrected chi connectivity index (χ1v) is 7.13. The second kappa shape index (κ2) is 6.66. The lowest BCUT2D eigenvalue weighted by atomic mass is 10.2. The highest BCUT2D eigenvalue weighted by atomic mass is 32.1. The molecule has 0 saturated carbocycles. The van der Waals surface area contributed by atoms with E-state index >= 15 is 0 Å². The third-order valence-corrected chi connectivity index (χ3v) is 3.72. The fourth-order valence-corrected chi connectivity index (χ4v) is 2.41. The highest BCUT2D eigenvalue weighted by Crippen LogP contribution is 2.25. The minimum absolute atomic E-state index is 0.0512. The van der Waals surface area contributed by atoms with E-state index in [-0.39, 0.29) is 11.3 Å². The third kappa shape index (κ3) is 4.36. The number of nitrogens with zero attached hydrogens (tertiary/aromatic N) is 2. The summed E-state index contributed by atoms with van der Waals surface area (Å²) in [5.74, 6) is -0.0839. The lowest BCUT2D eigenvalue weighted by Crippen LogP contribution is -2.19. The number of nitrogens with one attached hydrogen (secondary N) is 1. The molecule has 2 aromatic rings. The smallest absolute Gasteiger partial charge is 0.422 e. The Bertz CT molecular complexity index is 691. The van der Waals surface area contributed by atoms with Crippen molar-refractivity contribution in [3.8, 4) is 11.8 Å². The van der Waals surface area contributed by atoms with Gasteiger partial charge < -0.3 is 10.1 Å². The number of anilines is 1. The molecule has 1 aromatic carbocycles. The van der Waals surface area contributed by atoms with Crippen LogP contribution in [-0.4, -0.2) is 17.8 Å². The van der Waals surface area contributed by atoms with Gasteiger partial charge in [0.2, 0.25) is 0 Å². The average molecular weight is 327 g/mol. The highest BCUT2D eigenvalue weighted by molar-refractivity contribution is 7.09. The number of halogens is 3. The number of ether oxygens (including phenoxy) is 1. The SMILES string of the molecule is Cc1ncsc1CNc1ccc(OCC(F)(F)F)c(C#N)c1. The Hall–Kier alpha value is -2.27. The van der Waals surface area contributed by atoms with Crippen molar-refractivity contribution in [3.05, 3.63) is 39.8 Å². The van der Waals surface area contributed by atoms with Gasteiger partial charge in [0.1, 0.15) is 11.8 Å². The van der Waals surface area contributed by atoms with E-state index in [9.17, 15) is 13.2 Å². The van der Waals surface area contributed by atoms with Crippen LogP contribution in [0.5, 0.6) is 5.75 Å². The first-order chi connectivity index (χ1) is 10.4. The monoisotopic (exact) mass is 327 g/mol. The molecular formula is C14H12F3N3OS. The molecule has 0 unspecified atom stereocenters. The van der Waals surface area contributed by atoms with E-state index in [0.717, 1.165) is 10.6 Å². The molecule has 0 fully saturated rings. The van der Waals surface area contributed by atoms with Crippen molar-refractivity contribution in [1.82, 2.24) is 4.98 Å². The lowest BCUT2D eigenvalue weighted by Gasteiger charge is -2.12. The number of aromatic nitrogens is 1. The molecule has 0 aliphatic heterocycles. The van der Waals surface area contributed by atoms with Crippen LogP contribution in [0.2, 0.25) is 0 Å². The average Bonchev–Trinajstić information content (AvgIpc) is 2.87. The Morgan fingerprint density at radius 3 is 2.77 bits per heavy atom. The largest absolute Gasteiger partial charge is 0.483 e.